The first-order valence-corrected chi connectivity index (χ1v) is 10.9. The zero-order valence-corrected chi connectivity index (χ0v) is 18.0. The number of methoxy groups -OCH3 is 2. The number of ether oxygens (including phenoxy) is 2. The number of nitrogens with one attached hydrogen (secondary N) is 1. The first kappa shape index (κ1) is 21.5. The van der Waals surface area contributed by atoms with E-state index in [9.17, 15) is 8.42 Å². The van der Waals surface area contributed by atoms with E-state index in [0.717, 1.165) is 6.07 Å². The zero-order valence-electron chi connectivity index (χ0n) is 17.2. The number of anilines is 2. The molecule has 0 atom stereocenters. The van der Waals surface area contributed by atoms with E-state index in [1.165, 1.54) is 26.4 Å². The van der Waals surface area contributed by atoms with Gasteiger partial charge in [-0.1, -0.05) is 18.2 Å². The maximum absolute atomic E-state index is 15.2. The third kappa shape index (κ3) is 4.05. The van der Waals surface area contributed by atoms with Crippen molar-refractivity contribution in [2.45, 2.75) is 4.90 Å². The van der Waals surface area contributed by atoms with Crippen LogP contribution in [0.2, 0.25) is 0 Å². The summed E-state index contributed by atoms with van der Waals surface area (Å²) in [6, 6.07) is 16.1. The second-order valence-electron chi connectivity index (χ2n) is 6.76. The number of nitrogens with zero attached hydrogens (tertiary/aromatic N) is 2. The largest absolute Gasteiger partial charge is 0.497 e. The van der Waals surface area contributed by atoms with E-state index in [1.54, 1.807) is 42.5 Å². The standard InChI is InChI=1S/C22H19FN4O4S/c1-30-13-10-11-18(31-2)17(12-13)27-22-21(25-15-7-3-4-8-16(15)26-22)14-6-5-9-19(20(14)23)32(24,28)29/h3-12H,1-2H3,(H,26,27)(H2,24,28,29). The van der Waals surface area contributed by atoms with E-state index in [1.807, 2.05) is 0 Å². The van der Waals surface area contributed by atoms with Crippen LogP contribution < -0.4 is 19.9 Å². The fraction of sp³-hybridized carbons (Fsp3) is 0.0909. The molecule has 1 aromatic heterocycles. The van der Waals surface area contributed by atoms with Crippen LogP contribution in [0.25, 0.3) is 22.3 Å². The Labute approximate surface area is 183 Å². The number of rotatable bonds is 6. The highest BCUT2D eigenvalue weighted by Crippen LogP contribution is 2.36. The highest BCUT2D eigenvalue weighted by atomic mass is 32.2. The van der Waals surface area contributed by atoms with E-state index in [4.69, 9.17) is 14.6 Å². The molecule has 0 unspecified atom stereocenters. The van der Waals surface area contributed by atoms with Gasteiger partial charge in [0.25, 0.3) is 0 Å². The van der Waals surface area contributed by atoms with E-state index >= 15 is 4.39 Å². The number of aromatic nitrogens is 2. The predicted molar refractivity (Wildman–Crippen MR) is 119 cm³/mol. The Morgan fingerprint density at radius 3 is 2.31 bits per heavy atom. The van der Waals surface area contributed by atoms with E-state index in [2.05, 4.69) is 15.3 Å². The lowest BCUT2D eigenvalue weighted by Crippen LogP contribution is -2.14. The normalized spacial score (nSPS) is 11.4. The predicted octanol–water partition coefficient (Wildman–Crippen LogP) is 3.84. The van der Waals surface area contributed by atoms with Gasteiger partial charge in [0.15, 0.2) is 11.6 Å². The molecular weight excluding hydrogens is 435 g/mol. The van der Waals surface area contributed by atoms with Crippen molar-refractivity contribution in [2.24, 2.45) is 5.14 Å². The van der Waals surface area contributed by atoms with Gasteiger partial charge < -0.3 is 14.8 Å². The van der Waals surface area contributed by atoms with Crippen LogP contribution in [0.1, 0.15) is 0 Å². The van der Waals surface area contributed by atoms with Gasteiger partial charge in [0, 0.05) is 11.6 Å². The third-order valence-corrected chi connectivity index (χ3v) is 5.68. The van der Waals surface area contributed by atoms with Crippen LogP contribution in [0, 0.1) is 5.82 Å². The Morgan fingerprint density at radius 2 is 1.66 bits per heavy atom. The number of nitrogens with two attached hydrogens (primary N) is 1. The minimum atomic E-state index is -4.28. The second-order valence-corrected chi connectivity index (χ2v) is 8.29. The molecule has 0 aliphatic heterocycles. The summed E-state index contributed by atoms with van der Waals surface area (Å²) in [5.74, 6) is 0.234. The molecule has 3 N–H and O–H groups in total. The number of sulfonamides is 1. The summed E-state index contributed by atoms with van der Waals surface area (Å²) in [6.07, 6.45) is 0. The summed E-state index contributed by atoms with van der Waals surface area (Å²) in [5.41, 5.74) is 1.60. The van der Waals surface area contributed by atoms with Crippen LogP contribution in [-0.4, -0.2) is 32.6 Å². The lowest BCUT2D eigenvalue weighted by molar-refractivity contribution is 0.405. The average molecular weight is 454 g/mol. The summed E-state index contributed by atoms with van der Waals surface area (Å²) in [7, 11) is -1.24. The van der Waals surface area contributed by atoms with Crippen molar-refractivity contribution in [1.82, 2.24) is 9.97 Å². The van der Waals surface area contributed by atoms with Crippen molar-refractivity contribution in [3.63, 3.8) is 0 Å². The average Bonchev–Trinajstić information content (AvgIpc) is 2.78. The van der Waals surface area contributed by atoms with Crippen LogP contribution in [-0.2, 0) is 10.0 Å². The molecule has 0 saturated heterocycles. The van der Waals surface area contributed by atoms with Gasteiger partial charge >= 0.3 is 0 Å². The highest BCUT2D eigenvalue weighted by Gasteiger charge is 2.22. The maximum atomic E-state index is 15.2. The molecule has 164 valence electrons. The first-order valence-electron chi connectivity index (χ1n) is 9.39. The summed E-state index contributed by atoms with van der Waals surface area (Å²) < 4.78 is 49.6. The minimum absolute atomic E-state index is 0.0702. The van der Waals surface area contributed by atoms with Gasteiger partial charge in [-0.2, -0.15) is 0 Å². The van der Waals surface area contributed by atoms with Crippen molar-refractivity contribution >= 4 is 32.6 Å². The van der Waals surface area contributed by atoms with Crippen molar-refractivity contribution < 1.29 is 22.3 Å². The molecule has 32 heavy (non-hydrogen) atoms. The van der Waals surface area contributed by atoms with Crippen LogP contribution in [0.3, 0.4) is 0 Å². The number of para-hydroxylation sites is 2. The zero-order chi connectivity index (χ0) is 22.9. The van der Waals surface area contributed by atoms with Crippen LogP contribution in [0.5, 0.6) is 11.5 Å². The van der Waals surface area contributed by atoms with Crippen LogP contribution in [0.4, 0.5) is 15.9 Å². The van der Waals surface area contributed by atoms with Gasteiger partial charge in [0.05, 0.1) is 30.9 Å². The molecule has 0 spiro atoms. The number of hydrogen-bond acceptors (Lipinski definition) is 7. The molecule has 0 aliphatic carbocycles. The molecule has 0 bridgehead atoms. The molecular formula is C22H19FN4O4S. The fourth-order valence-corrected chi connectivity index (χ4v) is 3.86. The summed E-state index contributed by atoms with van der Waals surface area (Å²) in [6.45, 7) is 0. The maximum Gasteiger partial charge on any atom is 0.240 e. The lowest BCUT2D eigenvalue weighted by Gasteiger charge is -2.16. The monoisotopic (exact) mass is 454 g/mol. The molecule has 0 aliphatic rings. The summed E-state index contributed by atoms with van der Waals surface area (Å²) in [5, 5.41) is 8.29. The molecule has 0 radical (unpaired) electrons. The number of hydrogen-bond donors (Lipinski definition) is 2. The Hall–Kier alpha value is -3.76. The number of primary sulfonamides is 1. The van der Waals surface area contributed by atoms with E-state index in [0.29, 0.717) is 28.2 Å². The molecule has 10 heteroatoms. The number of benzene rings is 3. The van der Waals surface area contributed by atoms with E-state index < -0.39 is 20.7 Å². The Bertz CT molecular complexity index is 1430. The topological polar surface area (TPSA) is 116 Å². The van der Waals surface area contributed by atoms with Crippen LogP contribution >= 0.6 is 0 Å². The SMILES string of the molecule is COc1ccc(OC)c(Nc2nc3ccccc3nc2-c2cccc(S(N)(=O)=O)c2F)c1. The van der Waals surface area contributed by atoms with Crippen molar-refractivity contribution in [3.8, 4) is 22.8 Å². The summed E-state index contributed by atoms with van der Waals surface area (Å²) in [4.78, 5) is 8.51. The Morgan fingerprint density at radius 1 is 0.938 bits per heavy atom. The van der Waals surface area contributed by atoms with Gasteiger partial charge in [0.1, 0.15) is 22.1 Å². The molecule has 4 rings (SSSR count). The summed E-state index contributed by atoms with van der Waals surface area (Å²) >= 11 is 0. The lowest BCUT2D eigenvalue weighted by atomic mass is 10.1. The molecule has 0 amide bonds. The number of halogens is 1. The van der Waals surface area contributed by atoms with Gasteiger partial charge in [-0.15, -0.1) is 0 Å². The minimum Gasteiger partial charge on any atom is -0.497 e. The molecule has 1 heterocycles. The van der Waals surface area contributed by atoms with Crippen LogP contribution in [0.15, 0.2) is 65.6 Å². The third-order valence-electron chi connectivity index (χ3n) is 4.76. The molecule has 0 saturated carbocycles. The second kappa shape index (κ2) is 8.40. The number of fused-ring (bicyclic) bond motifs is 1. The Kier molecular flexibility index (Phi) is 5.64. The van der Waals surface area contributed by atoms with Gasteiger partial charge in [-0.3, -0.25) is 0 Å². The first-order chi connectivity index (χ1) is 15.3. The van der Waals surface area contributed by atoms with Crippen molar-refractivity contribution in [2.75, 3.05) is 19.5 Å². The van der Waals surface area contributed by atoms with Gasteiger partial charge in [-0.05, 0) is 36.4 Å². The smallest absolute Gasteiger partial charge is 0.240 e. The van der Waals surface area contributed by atoms with E-state index in [-0.39, 0.29) is 17.1 Å². The quantitative estimate of drug-likeness (QED) is 0.455. The molecule has 3 aromatic carbocycles. The van der Waals surface area contributed by atoms with Crippen molar-refractivity contribution in [3.05, 3.63) is 66.5 Å². The van der Waals surface area contributed by atoms with Crippen molar-refractivity contribution in [1.29, 1.82) is 0 Å². The molecule has 8 nitrogen and oxygen atoms in total. The Balaban J connectivity index is 1.96. The highest BCUT2D eigenvalue weighted by molar-refractivity contribution is 7.89. The molecule has 0 fully saturated rings. The fourth-order valence-electron chi connectivity index (χ4n) is 3.23. The molecule has 4 aromatic rings. The van der Waals surface area contributed by atoms with Gasteiger partial charge in [0.2, 0.25) is 10.0 Å². The van der Waals surface area contributed by atoms with Gasteiger partial charge in [-0.25, -0.2) is 27.9 Å².